The fraction of sp³-hybridized carbons (Fsp3) is 0.889. The van der Waals surface area contributed by atoms with Crippen LogP contribution in [0.1, 0.15) is 6.92 Å². The number of aliphatic hydroxyl groups excluding tert-OH is 1. The van der Waals surface area contributed by atoms with E-state index in [4.69, 9.17) is 19.9 Å². The van der Waals surface area contributed by atoms with Gasteiger partial charge in [-0.25, -0.2) is 4.99 Å². The van der Waals surface area contributed by atoms with Crippen LogP contribution in [0.4, 0.5) is 0 Å². The molecule has 15 heavy (non-hydrogen) atoms. The van der Waals surface area contributed by atoms with Gasteiger partial charge >= 0.3 is 0 Å². The standard InChI is InChI=1S/C9H16N2O4/c1-2-11-9(10)15-6-4-14-7-5(12)3-13-8(6)7/h5-8,12H,2-4H2,1H3,(H2,10,11)/t5-,6-,7-,8-/m1/s1. The van der Waals surface area contributed by atoms with Crippen molar-refractivity contribution in [2.24, 2.45) is 10.7 Å². The number of nitrogens with zero attached hydrogens (tertiary/aromatic N) is 1. The lowest BCUT2D eigenvalue weighted by Crippen LogP contribution is -2.36. The van der Waals surface area contributed by atoms with Gasteiger partial charge in [0.15, 0.2) is 6.10 Å². The van der Waals surface area contributed by atoms with Gasteiger partial charge in [-0.1, -0.05) is 0 Å². The minimum atomic E-state index is -0.562. The molecule has 6 nitrogen and oxygen atoms in total. The zero-order valence-electron chi connectivity index (χ0n) is 8.63. The molecule has 86 valence electrons. The first-order valence-corrected chi connectivity index (χ1v) is 5.10. The Morgan fingerprint density at radius 1 is 1.47 bits per heavy atom. The quantitative estimate of drug-likeness (QED) is 0.450. The van der Waals surface area contributed by atoms with E-state index in [-0.39, 0.29) is 24.3 Å². The molecule has 0 aromatic rings. The summed E-state index contributed by atoms with van der Waals surface area (Å²) in [7, 11) is 0. The van der Waals surface area contributed by atoms with Crippen molar-refractivity contribution in [2.75, 3.05) is 19.8 Å². The number of amidine groups is 1. The maximum Gasteiger partial charge on any atom is 0.282 e. The van der Waals surface area contributed by atoms with Gasteiger partial charge in [-0.2, -0.15) is 0 Å². The third-order valence-electron chi connectivity index (χ3n) is 2.57. The van der Waals surface area contributed by atoms with Crippen LogP contribution in [0.3, 0.4) is 0 Å². The molecule has 3 N–H and O–H groups in total. The number of hydrogen-bond acceptors (Lipinski definition) is 5. The van der Waals surface area contributed by atoms with Gasteiger partial charge in [-0.3, -0.25) is 0 Å². The molecule has 0 aromatic heterocycles. The molecule has 2 heterocycles. The second kappa shape index (κ2) is 4.34. The van der Waals surface area contributed by atoms with Crippen molar-refractivity contribution in [3.63, 3.8) is 0 Å². The van der Waals surface area contributed by atoms with Crippen LogP contribution < -0.4 is 5.73 Å². The predicted molar refractivity (Wildman–Crippen MR) is 52.5 cm³/mol. The zero-order valence-corrected chi connectivity index (χ0v) is 8.63. The van der Waals surface area contributed by atoms with Crippen LogP contribution in [0, 0.1) is 0 Å². The summed E-state index contributed by atoms with van der Waals surface area (Å²) in [5.41, 5.74) is 5.54. The summed E-state index contributed by atoms with van der Waals surface area (Å²) in [6, 6.07) is 0.150. The molecule has 6 heteroatoms. The van der Waals surface area contributed by atoms with Gasteiger partial charge in [0, 0.05) is 6.54 Å². The molecule has 0 saturated carbocycles. The van der Waals surface area contributed by atoms with E-state index in [0.717, 1.165) is 0 Å². The molecule has 2 aliphatic rings. The molecular weight excluding hydrogens is 200 g/mol. The first-order valence-electron chi connectivity index (χ1n) is 5.10. The number of fused-ring (bicyclic) bond motifs is 1. The zero-order chi connectivity index (χ0) is 10.8. The van der Waals surface area contributed by atoms with E-state index in [9.17, 15) is 5.11 Å². The van der Waals surface area contributed by atoms with Crippen LogP contribution >= 0.6 is 0 Å². The van der Waals surface area contributed by atoms with Gasteiger partial charge < -0.3 is 25.1 Å². The van der Waals surface area contributed by atoms with Crippen molar-refractivity contribution in [3.05, 3.63) is 0 Å². The summed E-state index contributed by atoms with van der Waals surface area (Å²) in [5, 5.41) is 9.49. The molecule has 0 unspecified atom stereocenters. The molecule has 2 aliphatic heterocycles. The SMILES string of the molecule is CCN=C(N)O[C@@H]1CO[C@H]2[C@@H]1OC[C@H]2O. The lowest BCUT2D eigenvalue weighted by atomic mass is 10.1. The Bertz CT molecular complexity index is 258. The number of aliphatic hydroxyl groups is 1. The van der Waals surface area contributed by atoms with Crippen molar-refractivity contribution in [3.8, 4) is 0 Å². The fourth-order valence-electron chi connectivity index (χ4n) is 1.89. The van der Waals surface area contributed by atoms with Crippen LogP contribution in [0.2, 0.25) is 0 Å². The lowest BCUT2D eigenvalue weighted by molar-refractivity contribution is 0.00549. The Morgan fingerprint density at radius 2 is 2.20 bits per heavy atom. The van der Waals surface area contributed by atoms with E-state index in [2.05, 4.69) is 4.99 Å². The third kappa shape index (κ3) is 2.06. The van der Waals surface area contributed by atoms with E-state index in [1.807, 2.05) is 6.92 Å². The fourth-order valence-corrected chi connectivity index (χ4v) is 1.89. The number of rotatable bonds is 2. The molecule has 4 atom stereocenters. The molecule has 0 spiro atoms. The first kappa shape index (κ1) is 10.7. The Morgan fingerprint density at radius 3 is 2.93 bits per heavy atom. The van der Waals surface area contributed by atoms with E-state index in [1.165, 1.54) is 0 Å². The Labute approximate surface area is 88.0 Å². The third-order valence-corrected chi connectivity index (χ3v) is 2.57. The number of ether oxygens (including phenoxy) is 3. The second-order valence-corrected chi connectivity index (χ2v) is 3.63. The smallest absolute Gasteiger partial charge is 0.282 e. The summed E-state index contributed by atoms with van der Waals surface area (Å²) in [6.07, 6.45) is -1.34. The lowest BCUT2D eigenvalue weighted by Gasteiger charge is -2.16. The molecular formula is C9H16N2O4. The van der Waals surface area contributed by atoms with Crippen molar-refractivity contribution in [1.82, 2.24) is 0 Å². The van der Waals surface area contributed by atoms with E-state index < -0.39 is 6.10 Å². The Kier molecular flexibility index (Phi) is 3.08. The summed E-state index contributed by atoms with van der Waals surface area (Å²) in [5.74, 6) is 0. The first-order chi connectivity index (χ1) is 7.22. The molecule has 0 aliphatic carbocycles. The topological polar surface area (TPSA) is 86.3 Å². The van der Waals surface area contributed by atoms with Crippen molar-refractivity contribution >= 4 is 6.02 Å². The normalized spacial score (nSPS) is 40.5. The van der Waals surface area contributed by atoms with Crippen LogP contribution in [-0.4, -0.2) is 55.3 Å². The summed E-state index contributed by atoms with van der Waals surface area (Å²) < 4.78 is 16.1. The maximum atomic E-state index is 9.49. The largest absolute Gasteiger partial charge is 0.457 e. The van der Waals surface area contributed by atoms with Crippen LogP contribution in [0.15, 0.2) is 4.99 Å². The van der Waals surface area contributed by atoms with Gasteiger partial charge in [0.25, 0.3) is 6.02 Å². The molecule has 2 rings (SSSR count). The summed E-state index contributed by atoms with van der Waals surface area (Å²) in [6.45, 7) is 3.13. The minimum absolute atomic E-state index is 0.150. The maximum absolute atomic E-state index is 9.49. The number of hydrogen-bond donors (Lipinski definition) is 2. The highest BCUT2D eigenvalue weighted by Crippen LogP contribution is 2.28. The monoisotopic (exact) mass is 216 g/mol. The van der Waals surface area contributed by atoms with Gasteiger partial charge in [0.2, 0.25) is 0 Å². The predicted octanol–water partition coefficient (Wildman–Crippen LogP) is -1.14. The van der Waals surface area contributed by atoms with Crippen molar-refractivity contribution in [1.29, 1.82) is 0 Å². The van der Waals surface area contributed by atoms with Gasteiger partial charge in [-0.15, -0.1) is 0 Å². The summed E-state index contributed by atoms with van der Waals surface area (Å²) in [4.78, 5) is 3.92. The van der Waals surface area contributed by atoms with Crippen LogP contribution in [0.5, 0.6) is 0 Å². The van der Waals surface area contributed by atoms with Gasteiger partial charge in [0.1, 0.15) is 18.3 Å². The Hall–Kier alpha value is -0.850. The van der Waals surface area contributed by atoms with Gasteiger partial charge in [0.05, 0.1) is 13.2 Å². The molecule has 2 saturated heterocycles. The van der Waals surface area contributed by atoms with Crippen LogP contribution in [-0.2, 0) is 14.2 Å². The molecule has 0 amide bonds. The average Bonchev–Trinajstić information content (AvgIpc) is 2.72. The molecule has 0 bridgehead atoms. The molecule has 0 aromatic carbocycles. The van der Waals surface area contributed by atoms with E-state index in [0.29, 0.717) is 19.8 Å². The van der Waals surface area contributed by atoms with Crippen LogP contribution in [0.25, 0.3) is 0 Å². The summed E-state index contributed by atoms with van der Waals surface area (Å²) >= 11 is 0. The number of aliphatic imine (C=N–C) groups is 1. The molecule has 0 radical (unpaired) electrons. The molecule has 2 fully saturated rings. The minimum Gasteiger partial charge on any atom is -0.457 e. The second-order valence-electron chi connectivity index (χ2n) is 3.63. The highest BCUT2D eigenvalue weighted by Gasteiger charge is 2.48. The van der Waals surface area contributed by atoms with Gasteiger partial charge in [-0.05, 0) is 6.92 Å². The Balaban J connectivity index is 1.93. The number of nitrogens with two attached hydrogens (primary N) is 1. The van der Waals surface area contributed by atoms with Crippen molar-refractivity contribution < 1.29 is 19.3 Å². The van der Waals surface area contributed by atoms with E-state index >= 15 is 0 Å². The average molecular weight is 216 g/mol. The van der Waals surface area contributed by atoms with E-state index in [1.54, 1.807) is 0 Å². The highest BCUT2D eigenvalue weighted by atomic mass is 16.6. The highest BCUT2D eigenvalue weighted by molar-refractivity contribution is 5.71. The van der Waals surface area contributed by atoms with Crippen molar-refractivity contribution in [2.45, 2.75) is 31.3 Å².